The van der Waals surface area contributed by atoms with Gasteiger partial charge in [-0.15, -0.1) is 11.3 Å². The molecule has 0 aliphatic carbocycles. The molecule has 0 aromatic carbocycles. The normalized spacial score (nSPS) is 11.1. The molecule has 3 heterocycles. The summed E-state index contributed by atoms with van der Waals surface area (Å²) >= 11 is 1.51. The lowest BCUT2D eigenvalue weighted by atomic mass is 10.2. The molecule has 0 amide bonds. The van der Waals surface area contributed by atoms with E-state index in [2.05, 4.69) is 19.9 Å². The molecule has 0 aliphatic heterocycles. The van der Waals surface area contributed by atoms with Gasteiger partial charge in [0.25, 0.3) is 5.56 Å². The van der Waals surface area contributed by atoms with E-state index >= 15 is 0 Å². The first-order chi connectivity index (χ1) is 9.95. The lowest BCUT2D eigenvalue weighted by Crippen LogP contribution is -2.22. The Kier molecular flexibility index (Phi) is 3.05. The number of anilines is 2. The minimum atomic E-state index is -0.126. The van der Waals surface area contributed by atoms with Crippen molar-refractivity contribution in [2.75, 3.05) is 11.5 Å². The molecule has 8 nitrogen and oxygen atoms in total. The predicted molar refractivity (Wildman–Crippen MR) is 81.1 cm³/mol. The van der Waals surface area contributed by atoms with Gasteiger partial charge in [-0.05, 0) is 19.4 Å². The Morgan fingerprint density at radius 3 is 2.52 bits per heavy atom. The lowest BCUT2D eigenvalue weighted by Gasteiger charge is -2.05. The summed E-state index contributed by atoms with van der Waals surface area (Å²) in [6.45, 7) is 4.03. The Balaban J connectivity index is 2.11. The number of fused-ring (bicyclic) bond motifs is 1. The van der Waals surface area contributed by atoms with Gasteiger partial charge in [-0.3, -0.25) is 9.36 Å². The third-order valence-corrected chi connectivity index (χ3v) is 4.30. The zero-order valence-corrected chi connectivity index (χ0v) is 12.3. The van der Waals surface area contributed by atoms with Gasteiger partial charge in [-0.2, -0.15) is 15.0 Å². The first-order valence-corrected chi connectivity index (χ1v) is 6.98. The van der Waals surface area contributed by atoms with E-state index in [4.69, 9.17) is 11.5 Å². The summed E-state index contributed by atoms with van der Waals surface area (Å²) in [5.74, 6) is 0.386. The highest BCUT2D eigenvalue weighted by molar-refractivity contribution is 7.18. The molecular weight excluding hydrogens is 290 g/mol. The molecular formula is C12H13N7OS. The monoisotopic (exact) mass is 303 g/mol. The number of rotatable bonds is 2. The predicted octanol–water partition coefficient (Wildman–Crippen LogP) is 0.473. The average molecular weight is 303 g/mol. The highest BCUT2D eigenvalue weighted by Gasteiger charge is 2.13. The summed E-state index contributed by atoms with van der Waals surface area (Å²) in [7, 11) is 0. The van der Waals surface area contributed by atoms with Crippen molar-refractivity contribution in [1.29, 1.82) is 0 Å². The van der Waals surface area contributed by atoms with Gasteiger partial charge in [-0.25, -0.2) is 4.98 Å². The average Bonchev–Trinajstić information content (AvgIpc) is 2.68. The van der Waals surface area contributed by atoms with Crippen LogP contribution in [0.3, 0.4) is 0 Å². The maximum absolute atomic E-state index is 12.5. The van der Waals surface area contributed by atoms with Gasteiger partial charge in [0.05, 0.1) is 18.3 Å². The summed E-state index contributed by atoms with van der Waals surface area (Å²) in [6.07, 6.45) is 1.48. The molecule has 3 aromatic heterocycles. The van der Waals surface area contributed by atoms with Crippen LogP contribution in [0.1, 0.15) is 16.3 Å². The van der Waals surface area contributed by atoms with Crippen LogP contribution in [0.2, 0.25) is 0 Å². The zero-order valence-electron chi connectivity index (χ0n) is 11.5. The van der Waals surface area contributed by atoms with Crippen LogP contribution in [0.4, 0.5) is 11.9 Å². The van der Waals surface area contributed by atoms with Crippen molar-refractivity contribution in [2.45, 2.75) is 20.4 Å². The van der Waals surface area contributed by atoms with E-state index in [-0.39, 0.29) is 24.0 Å². The number of aryl methyl sites for hydroxylation is 2. The van der Waals surface area contributed by atoms with Gasteiger partial charge in [0.1, 0.15) is 4.83 Å². The molecule has 0 radical (unpaired) electrons. The largest absolute Gasteiger partial charge is 0.368 e. The molecule has 0 bridgehead atoms. The van der Waals surface area contributed by atoms with Crippen molar-refractivity contribution < 1.29 is 0 Å². The number of hydrogen-bond acceptors (Lipinski definition) is 8. The van der Waals surface area contributed by atoms with Crippen molar-refractivity contribution in [3.63, 3.8) is 0 Å². The van der Waals surface area contributed by atoms with Crippen molar-refractivity contribution in [1.82, 2.24) is 24.5 Å². The number of nitrogen functional groups attached to an aromatic ring is 2. The minimum Gasteiger partial charge on any atom is -0.368 e. The topological polar surface area (TPSA) is 126 Å². The fourth-order valence-corrected chi connectivity index (χ4v) is 3.05. The van der Waals surface area contributed by atoms with E-state index in [1.807, 2.05) is 13.8 Å². The lowest BCUT2D eigenvalue weighted by molar-refractivity contribution is 0.704. The van der Waals surface area contributed by atoms with Crippen molar-refractivity contribution in [3.8, 4) is 0 Å². The molecule has 0 spiro atoms. The minimum absolute atomic E-state index is 0.0298. The van der Waals surface area contributed by atoms with Crippen molar-refractivity contribution >= 4 is 33.5 Å². The summed E-state index contributed by atoms with van der Waals surface area (Å²) in [6, 6.07) is 0. The second-order valence-electron chi connectivity index (χ2n) is 4.61. The molecule has 0 unspecified atom stereocenters. The Morgan fingerprint density at radius 2 is 1.86 bits per heavy atom. The standard InChI is InChI=1S/C12H13N7OS/c1-5-6(2)21-9-8(5)10(20)19(4-15-9)3-7-16-11(13)18-12(14)17-7/h4H,3H2,1-2H3,(H4,13,14,16,17,18). The number of nitrogens with two attached hydrogens (primary N) is 2. The Morgan fingerprint density at radius 1 is 1.19 bits per heavy atom. The van der Waals surface area contributed by atoms with Crippen LogP contribution in [0.15, 0.2) is 11.1 Å². The molecule has 4 N–H and O–H groups in total. The maximum atomic E-state index is 12.5. The van der Waals surface area contributed by atoms with Crippen LogP contribution in [0, 0.1) is 13.8 Å². The molecule has 9 heteroatoms. The van der Waals surface area contributed by atoms with Gasteiger partial charge in [0, 0.05) is 4.88 Å². The molecule has 0 saturated carbocycles. The van der Waals surface area contributed by atoms with E-state index in [1.165, 1.54) is 22.2 Å². The highest BCUT2D eigenvalue weighted by atomic mass is 32.1. The van der Waals surface area contributed by atoms with E-state index in [0.717, 1.165) is 15.3 Å². The second kappa shape index (κ2) is 4.77. The van der Waals surface area contributed by atoms with Gasteiger partial charge in [0.15, 0.2) is 5.82 Å². The highest BCUT2D eigenvalue weighted by Crippen LogP contribution is 2.25. The van der Waals surface area contributed by atoms with E-state index in [9.17, 15) is 4.79 Å². The zero-order chi connectivity index (χ0) is 15.1. The van der Waals surface area contributed by atoms with Gasteiger partial charge in [-0.1, -0.05) is 0 Å². The fourth-order valence-electron chi connectivity index (χ4n) is 2.06. The molecule has 3 rings (SSSR count). The summed E-state index contributed by atoms with van der Waals surface area (Å²) < 4.78 is 1.44. The molecule has 0 fully saturated rings. The molecule has 0 saturated heterocycles. The van der Waals surface area contributed by atoms with Crippen LogP contribution < -0.4 is 17.0 Å². The van der Waals surface area contributed by atoms with Gasteiger partial charge in [0.2, 0.25) is 11.9 Å². The Labute approximate surface area is 123 Å². The molecule has 3 aromatic rings. The van der Waals surface area contributed by atoms with Crippen LogP contribution in [0.25, 0.3) is 10.2 Å². The molecule has 0 atom stereocenters. The van der Waals surface area contributed by atoms with Gasteiger partial charge >= 0.3 is 0 Å². The number of nitrogens with zero attached hydrogens (tertiary/aromatic N) is 5. The SMILES string of the molecule is Cc1sc2ncn(Cc3nc(N)nc(N)n3)c(=O)c2c1C. The van der Waals surface area contributed by atoms with Crippen molar-refractivity contribution in [3.05, 3.63) is 32.9 Å². The van der Waals surface area contributed by atoms with E-state index in [0.29, 0.717) is 11.2 Å². The van der Waals surface area contributed by atoms with Crippen LogP contribution >= 0.6 is 11.3 Å². The summed E-state index contributed by atoms with van der Waals surface area (Å²) in [5.41, 5.74) is 11.9. The van der Waals surface area contributed by atoms with Crippen LogP contribution in [0.5, 0.6) is 0 Å². The maximum Gasteiger partial charge on any atom is 0.262 e. The van der Waals surface area contributed by atoms with Crippen LogP contribution in [-0.4, -0.2) is 24.5 Å². The first-order valence-electron chi connectivity index (χ1n) is 6.16. The summed E-state index contributed by atoms with van der Waals surface area (Å²) in [4.78, 5) is 30.3. The number of thiophene rings is 1. The number of hydrogen-bond donors (Lipinski definition) is 2. The second-order valence-corrected chi connectivity index (χ2v) is 5.81. The van der Waals surface area contributed by atoms with Crippen LogP contribution in [-0.2, 0) is 6.54 Å². The molecule has 108 valence electrons. The molecule has 0 aliphatic rings. The summed E-state index contributed by atoms with van der Waals surface area (Å²) in [5, 5.41) is 0.634. The third-order valence-electron chi connectivity index (χ3n) is 3.18. The van der Waals surface area contributed by atoms with E-state index < -0.39 is 0 Å². The quantitative estimate of drug-likeness (QED) is 0.704. The third kappa shape index (κ3) is 2.31. The molecule has 21 heavy (non-hydrogen) atoms. The first kappa shape index (κ1) is 13.4. The van der Waals surface area contributed by atoms with E-state index in [1.54, 1.807) is 0 Å². The smallest absolute Gasteiger partial charge is 0.262 e. The fraction of sp³-hybridized carbons (Fsp3) is 0.250. The van der Waals surface area contributed by atoms with Gasteiger partial charge < -0.3 is 11.5 Å². The number of aromatic nitrogens is 5. The Hall–Kier alpha value is -2.55. The van der Waals surface area contributed by atoms with Crippen molar-refractivity contribution in [2.24, 2.45) is 0 Å². The Bertz CT molecular complexity index is 878.